The van der Waals surface area contributed by atoms with E-state index in [0.29, 0.717) is 0 Å². The van der Waals surface area contributed by atoms with Crippen LogP contribution in [0.25, 0.3) is 6.08 Å². The molecule has 0 aliphatic heterocycles. The molecule has 0 radical (unpaired) electrons. The Morgan fingerprint density at radius 1 is 1.31 bits per heavy atom. The van der Waals surface area contributed by atoms with Crippen LogP contribution in [0.5, 0.6) is 0 Å². The van der Waals surface area contributed by atoms with Gasteiger partial charge in [0.2, 0.25) is 0 Å². The van der Waals surface area contributed by atoms with Gasteiger partial charge >= 0.3 is 0 Å². The topological polar surface area (TPSA) is 0 Å². The molecule has 0 unspecified atom stereocenters. The van der Waals surface area contributed by atoms with E-state index in [2.05, 4.69) is 69.1 Å². The van der Waals surface area contributed by atoms with E-state index in [1.54, 1.807) is 0 Å². The maximum Gasteiger partial charge on any atom is 0.00769 e. The van der Waals surface area contributed by atoms with Crippen molar-refractivity contribution in [3.63, 3.8) is 0 Å². The quantitative estimate of drug-likeness (QED) is 0.720. The fourth-order valence-corrected chi connectivity index (χ4v) is 2.43. The lowest BCUT2D eigenvalue weighted by Gasteiger charge is -1.97. The summed E-state index contributed by atoms with van der Waals surface area (Å²) in [4.78, 5) is 0. The summed E-state index contributed by atoms with van der Waals surface area (Å²) in [5.74, 6) is 0. The molecule has 70 valence electrons. The van der Waals surface area contributed by atoms with Gasteiger partial charge < -0.3 is 0 Å². The highest BCUT2D eigenvalue weighted by Gasteiger charge is 1.92. The van der Waals surface area contributed by atoms with E-state index >= 15 is 0 Å². The summed E-state index contributed by atoms with van der Waals surface area (Å²) >= 11 is 6.93. The van der Waals surface area contributed by atoms with Gasteiger partial charge in [0.05, 0.1) is 0 Å². The number of rotatable bonds is 3. The molecule has 0 aromatic heterocycles. The van der Waals surface area contributed by atoms with E-state index in [9.17, 15) is 0 Å². The number of halogens is 2. The molecule has 1 aromatic rings. The molecular formula is C11H12Br2. The second-order valence-corrected chi connectivity index (χ2v) is 4.75. The lowest BCUT2D eigenvalue weighted by molar-refractivity contribution is 1.25. The summed E-state index contributed by atoms with van der Waals surface area (Å²) in [6.45, 7) is 2.10. The summed E-state index contributed by atoms with van der Waals surface area (Å²) < 4.78 is 1.23. The minimum absolute atomic E-state index is 0.996. The van der Waals surface area contributed by atoms with E-state index in [1.165, 1.54) is 15.6 Å². The van der Waals surface area contributed by atoms with E-state index in [4.69, 9.17) is 0 Å². The van der Waals surface area contributed by atoms with E-state index in [0.717, 1.165) is 11.8 Å². The summed E-state index contributed by atoms with van der Waals surface area (Å²) in [5.41, 5.74) is 2.55. The Labute approximate surface area is 96.3 Å². The number of hydrogen-bond acceptors (Lipinski definition) is 0. The fourth-order valence-electron chi connectivity index (χ4n) is 1.01. The van der Waals surface area contributed by atoms with Gasteiger partial charge in [0.25, 0.3) is 0 Å². The van der Waals surface area contributed by atoms with E-state index in [-0.39, 0.29) is 0 Å². The summed E-state index contributed by atoms with van der Waals surface area (Å²) in [5, 5.41) is 0.996. The zero-order chi connectivity index (χ0) is 9.68. The van der Waals surface area contributed by atoms with Gasteiger partial charge in [-0.05, 0) is 29.5 Å². The van der Waals surface area contributed by atoms with Crippen LogP contribution in [0.15, 0.2) is 28.7 Å². The predicted octanol–water partition coefficient (Wildman–Crippen LogP) is 4.52. The van der Waals surface area contributed by atoms with Crippen molar-refractivity contribution in [1.29, 1.82) is 0 Å². The van der Waals surface area contributed by atoms with Crippen LogP contribution in [0.3, 0.4) is 0 Å². The van der Waals surface area contributed by atoms with Gasteiger partial charge in [-0.25, -0.2) is 0 Å². The van der Waals surface area contributed by atoms with Crippen LogP contribution in [0.1, 0.15) is 17.5 Å². The normalized spacial score (nSPS) is 11.8. The number of alkyl halides is 1. The minimum Gasteiger partial charge on any atom is -0.0924 e. The standard InChI is InChI=1S/C11H12Br2/c1-9-2-4-10(5-3-9)8-11(13)6-7-12/h2-5,8H,6-7H2,1H3/b11-8-. The molecule has 13 heavy (non-hydrogen) atoms. The molecule has 0 aliphatic rings. The van der Waals surface area contributed by atoms with Crippen LogP contribution in [0, 0.1) is 6.92 Å². The second kappa shape index (κ2) is 5.61. The SMILES string of the molecule is Cc1ccc(/C=C(\Br)CCBr)cc1. The Kier molecular flexibility index (Phi) is 4.74. The van der Waals surface area contributed by atoms with Gasteiger partial charge in [-0.3, -0.25) is 0 Å². The van der Waals surface area contributed by atoms with Crippen molar-refractivity contribution >= 4 is 37.9 Å². The van der Waals surface area contributed by atoms with Gasteiger partial charge in [0, 0.05) is 5.33 Å². The Morgan fingerprint density at radius 3 is 2.46 bits per heavy atom. The van der Waals surface area contributed by atoms with Crippen molar-refractivity contribution in [2.45, 2.75) is 13.3 Å². The highest BCUT2D eigenvalue weighted by atomic mass is 79.9. The molecule has 0 saturated heterocycles. The molecule has 0 saturated carbocycles. The zero-order valence-electron chi connectivity index (χ0n) is 7.56. The molecule has 0 heterocycles. The fraction of sp³-hybridized carbons (Fsp3) is 0.273. The van der Waals surface area contributed by atoms with Crippen molar-refractivity contribution in [1.82, 2.24) is 0 Å². The van der Waals surface area contributed by atoms with E-state index in [1.807, 2.05) is 0 Å². The monoisotopic (exact) mass is 302 g/mol. The first-order valence-corrected chi connectivity index (χ1v) is 6.12. The molecule has 0 N–H and O–H groups in total. The molecule has 0 fully saturated rings. The van der Waals surface area contributed by atoms with Gasteiger partial charge in [-0.2, -0.15) is 0 Å². The Balaban J connectivity index is 2.73. The highest BCUT2D eigenvalue weighted by Crippen LogP contribution is 2.16. The largest absolute Gasteiger partial charge is 0.0924 e. The van der Waals surface area contributed by atoms with Crippen LogP contribution >= 0.6 is 31.9 Å². The lowest BCUT2D eigenvalue weighted by atomic mass is 10.1. The molecule has 2 heteroatoms. The molecule has 0 aliphatic carbocycles. The third-order valence-electron chi connectivity index (χ3n) is 1.73. The van der Waals surface area contributed by atoms with Crippen molar-refractivity contribution < 1.29 is 0 Å². The van der Waals surface area contributed by atoms with Crippen LogP contribution in [0.4, 0.5) is 0 Å². The number of hydrogen-bond donors (Lipinski definition) is 0. The number of aryl methyl sites for hydroxylation is 1. The first-order valence-electron chi connectivity index (χ1n) is 4.21. The Morgan fingerprint density at radius 2 is 1.92 bits per heavy atom. The van der Waals surface area contributed by atoms with Crippen LogP contribution in [-0.4, -0.2) is 5.33 Å². The smallest absolute Gasteiger partial charge is 0.00769 e. The molecular weight excluding hydrogens is 292 g/mol. The third kappa shape index (κ3) is 4.10. The molecule has 1 aromatic carbocycles. The van der Waals surface area contributed by atoms with Crippen LogP contribution < -0.4 is 0 Å². The summed E-state index contributed by atoms with van der Waals surface area (Å²) in [6.07, 6.45) is 3.19. The summed E-state index contributed by atoms with van der Waals surface area (Å²) in [6, 6.07) is 8.51. The van der Waals surface area contributed by atoms with Gasteiger partial charge in [0.15, 0.2) is 0 Å². The number of benzene rings is 1. The molecule has 0 atom stereocenters. The predicted molar refractivity (Wildman–Crippen MR) is 66.5 cm³/mol. The molecule has 0 spiro atoms. The maximum absolute atomic E-state index is 3.52. The van der Waals surface area contributed by atoms with Crippen LogP contribution in [-0.2, 0) is 0 Å². The summed E-state index contributed by atoms with van der Waals surface area (Å²) in [7, 11) is 0. The highest BCUT2D eigenvalue weighted by molar-refractivity contribution is 9.12. The van der Waals surface area contributed by atoms with Crippen LogP contribution in [0.2, 0.25) is 0 Å². The molecule has 1 rings (SSSR count). The first kappa shape index (κ1) is 11.0. The van der Waals surface area contributed by atoms with Crippen molar-refractivity contribution in [2.24, 2.45) is 0 Å². The molecule has 0 amide bonds. The molecule has 0 nitrogen and oxygen atoms in total. The second-order valence-electron chi connectivity index (χ2n) is 2.94. The van der Waals surface area contributed by atoms with Gasteiger partial charge in [-0.1, -0.05) is 61.7 Å². The van der Waals surface area contributed by atoms with Crippen molar-refractivity contribution in [3.8, 4) is 0 Å². The Hall–Kier alpha value is -0.0800. The van der Waals surface area contributed by atoms with Crippen molar-refractivity contribution in [2.75, 3.05) is 5.33 Å². The maximum atomic E-state index is 3.52. The van der Waals surface area contributed by atoms with Gasteiger partial charge in [-0.15, -0.1) is 0 Å². The van der Waals surface area contributed by atoms with Gasteiger partial charge in [0.1, 0.15) is 0 Å². The first-order chi connectivity index (χ1) is 6.22. The average Bonchev–Trinajstić information content (AvgIpc) is 2.09. The number of allylic oxidation sites excluding steroid dienone is 1. The minimum atomic E-state index is 0.996. The zero-order valence-corrected chi connectivity index (χ0v) is 10.7. The molecule has 0 bridgehead atoms. The Bertz CT molecular complexity index is 285. The van der Waals surface area contributed by atoms with E-state index < -0.39 is 0 Å². The average molecular weight is 304 g/mol. The lowest BCUT2D eigenvalue weighted by Crippen LogP contribution is -1.77. The third-order valence-corrected chi connectivity index (χ3v) is 2.76. The van der Waals surface area contributed by atoms with Crippen molar-refractivity contribution in [3.05, 3.63) is 39.9 Å².